The molecule has 2 aliphatic carbocycles. The van der Waals surface area contributed by atoms with Gasteiger partial charge in [-0.1, -0.05) is 19.1 Å². The van der Waals surface area contributed by atoms with E-state index >= 15 is 0 Å². The molecule has 0 unspecified atom stereocenters. The number of hydrogen-bond acceptors (Lipinski definition) is 4. The third-order valence-corrected chi connectivity index (χ3v) is 8.78. The summed E-state index contributed by atoms with van der Waals surface area (Å²) in [5.41, 5.74) is 11.9. The Morgan fingerprint density at radius 2 is 1.71 bits per heavy atom. The number of fused-ring (bicyclic) bond motifs is 1. The number of nitrogens with two attached hydrogens (primary N) is 1. The summed E-state index contributed by atoms with van der Waals surface area (Å²) >= 11 is 0. The number of benzene rings is 2. The van der Waals surface area contributed by atoms with Crippen LogP contribution in [0.5, 0.6) is 0 Å². The maximum Gasteiger partial charge on any atom is 0.411 e. The number of piperidine rings is 1. The van der Waals surface area contributed by atoms with Crippen molar-refractivity contribution < 1.29 is 14.3 Å². The van der Waals surface area contributed by atoms with Gasteiger partial charge in [0, 0.05) is 41.3 Å². The number of ether oxygens (including phenoxy) is 1. The van der Waals surface area contributed by atoms with Gasteiger partial charge in [0.15, 0.2) is 0 Å². The van der Waals surface area contributed by atoms with Crippen molar-refractivity contribution in [2.75, 3.05) is 24.1 Å². The van der Waals surface area contributed by atoms with E-state index in [1.807, 2.05) is 54.3 Å². The highest BCUT2D eigenvalue weighted by Gasteiger charge is 2.31. The number of nitrogen functional groups attached to an aromatic ring is 1. The Labute approximate surface area is 224 Å². The molecule has 3 aliphatic rings. The Morgan fingerprint density at radius 3 is 2.34 bits per heavy atom. The zero-order chi connectivity index (χ0) is 26.4. The van der Waals surface area contributed by atoms with E-state index in [-0.39, 0.29) is 12.0 Å². The van der Waals surface area contributed by atoms with E-state index in [2.05, 4.69) is 16.8 Å². The number of nitrogens with one attached hydrogen (secondary N) is 1. The summed E-state index contributed by atoms with van der Waals surface area (Å²) in [6.07, 6.45) is 7.31. The minimum absolute atomic E-state index is 0.0532. The van der Waals surface area contributed by atoms with Crippen molar-refractivity contribution in [2.24, 2.45) is 11.8 Å². The molecule has 3 fully saturated rings. The van der Waals surface area contributed by atoms with Crippen LogP contribution >= 0.6 is 0 Å². The number of rotatable bonds is 6. The predicted molar refractivity (Wildman–Crippen MR) is 151 cm³/mol. The van der Waals surface area contributed by atoms with Crippen LogP contribution in [0.3, 0.4) is 0 Å². The first-order valence-electron chi connectivity index (χ1n) is 14.2. The van der Waals surface area contributed by atoms with Crippen molar-refractivity contribution in [2.45, 2.75) is 70.9 Å². The van der Waals surface area contributed by atoms with E-state index in [1.165, 1.54) is 6.42 Å². The van der Waals surface area contributed by atoms with Crippen LogP contribution in [0.25, 0.3) is 22.2 Å². The molecule has 0 bridgehead atoms. The summed E-state index contributed by atoms with van der Waals surface area (Å²) in [5.74, 6) is 1.29. The Morgan fingerprint density at radius 1 is 1.00 bits per heavy atom. The molecule has 0 radical (unpaired) electrons. The molecular weight excluding hydrogens is 476 g/mol. The van der Waals surface area contributed by atoms with Gasteiger partial charge in [0.2, 0.25) is 0 Å². The van der Waals surface area contributed by atoms with Gasteiger partial charge in [-0.2, -0.15) is 0 Å². The Balaban J connectivity index is 1.29. The van der Waals surface area contributed by atoms with E-state index in [1.54, 1.807) is 0 Å². The molecule has 3 N–H and O–H groups in total. The molecule has 7 heteroatoms. The van der Waals surface area contributed by atoms with Gasteiger partial charge < -0.3 is 19.9 Å². The van der Waals surface area contributed by atoms with Crippen LogP contribution in [0, 0.1) is 11.8 Å². The van der Waals surface area contributed by atoms with E-state index < -0.39 is 6.09 Å². The fourth-order valence-electron chi connectivity index (χ4n) is 5.87. The van der Waals surface area contributed by atoms with Gasteiger partial charge in [0.25, 0.3) is 5.91 Å². The van der Waals surface area contributed by atoms with Crippen LogP contribution in [0.15, 0.2) is 42.5 Å². The molecule has 1 aliphatic heterocycles. The minimum Gasteiger partial charge on any atom is -0.446 e. The molecule has 200 valence electrons. The summed E-state index contributed by atoms with van der Waals surface area (Å²) < 4.78 is 7.84. The smallest absolute Gasteiger partial charge is 0.411 e. The lowest BCUT2D eigenvalue weighted by molar-refractivity contribution is 0.0697. The van der Waals surface area contributed by atoms with Gasteiger partial charge in [-0.15, -0.1) is 0 Å². The number of carbonyl (C=O) groups is 2. The van der Waals surface area contributed by atoms with Crippen molar-refractivity contribution in [3.05, 3.63) is 48.0 Å². The van der Waals surface area contributed by atoms with Crippen molar-refractivity contribution >= 4 is 34.3 Å². The lowest BCUT2D eigenvalue weighted by atomic mass is 9.92. The first kappa shape index (κ1) is 24.8. The fraction of sp³-hybridized carbons (Fsp3) is 0.484. The van der Waals surface area contributed by atoms with Crippen LogP contribution in [0.1, 0.15) is 75.2 Å². The average Bonchev–Trinajstić information content (AvgIpc) is 3.70. The Kier molecular flexibility index (Phi) is 6.54. The summed E-state index contributed by atoms with van der Waals surface area (Å²) in [5, 5.41) is 3.83. The standard InChI is InChI=1S/C31H38N4O3/c1-19-14-16-34(17-15-19)30(36)23-10-13-26-27(18-23)35(25-4-3-5-25)29(28(26)32)22-8-11-24(12-9-22)33-31(37)38-20(2)21-6-7-21/h8-13,18-21,25H,3-7,14-17,32H2,1-2H3,(H,33,37)/t20-/m1/s1. The second kappa shape index (κ2) is 10.0. The molecule has 6 rings (SSSR count). The molecule has 1 saturated heterocycles. The van der Waals surface area contributed by atoms with Gasteiger partial charge in [-0.25, -0.2) is 4.79 Å². The van der Waals surface area contributed by atoms with E-state index in [0.717, 1.165) is 85.0 Å². The number of amides is 2. The van der Waals surface area contributed by atoms with E-state index in [0.29, 0.717) is 23.6 Å². The highest BCUT2D eigenvalue weighted by atomic mass is 16.6. The second-order valence-electron chi connectivity index (χ2n) is 11.6. The summed E-state index contributed by atoms with van der Waals surface area (Å²) in [7, 11) is 0. The third kappa shape index (κ3) is 4.74. The molecule has 7 nitrogen and oxygen atoms in total. The first-order chi connectivity index (χ1) is 18.4. The number of carbonyl (C=O) groups excluding carboxylic acids is 2. The topological polar surface area (TPSA) is 89.6 Å². The quantitative estimate of drug-likeness (QED) is 0.377. The third-order valence-electron chi connectivity index (χ3n) is 8.78. The number of hydrogen-bond donors (Lipinski definition) is 2. The predicted octanol–water partition coefficient (Wildman–Crippen LogP) is 6.83. The van der Waals surface area contributed by atoms with Gasteiger partial charge >= 0.3 is 6.09 Å². The SMILES string of the molecule is CC1CCN(C(=O)c2ccc3c(N)c(-c4ccc(NC(=O)O[C@H](C)C5CC5)cc4)n(C4CCC4)c3c2)CC1. The molecule has 1 atom stereocenters. The maximum absolute atomic E-state index is 13.4. The molecule has 1 aromatic heterocycles. The first-order valence-corrected chi connectivity index (χ1v) is 14.2. The van der Waals surface area contributed by atoms with Gasteiger partial charge in [-0.05, 0) is 94.0 Å². The number of aromatic nitrogens is 1. The Hall–Kier alpha value is -3.48. The van der Waals surface area contributed by atoms with Crippen LogP contribution < -0.4 is 11.1 Å². The van der Waals surface area contributed by atoms with Crippen molar-refractivity contribution in [1.82, 2.24) is 9.47 Å². The molecule has 3 aromatic rings. The van der Waals surface area contributed by atoms with Gasteiger partial charge in [0.1, 0.15) is 6.10 Å². The van der Waals surface area contributed by atoms with Crippen LogP contribution in [-0.4, -0.2) is 40.7 Å². The van der Waals surface area contributed by atoms with Crippen LogP contribution in [0.2, 0.25) is 0 Å². The molecule has 2 saturated carbocycles. The lowest BCUT2D eigenvalue weighted by Gasteiger charge is -2.31. The lowest BCUT2D eigenvalue weighted by Crippen LogP contribution is -2.37. The van der Waals surface area contributed by atoms with Crippen LogP contribution in [0.4, 0.5) is 16.2 Å². The van der Waals surface area contributed by atoms with Crippen molar-refractivity contribution in [3.63, 3.8) is 0 Å². The highest BCUT2D eigenvalue weighted by Crippen LogP contribution is 2.44. The van der Waals surface area contributed by atoms with E-state index in [9.17, 15) is 9.59 Å². The molecule has 2 amide bonds. The molecule has 2 heterocycles. The maximum atomic E-state index is 13.4. The normalized spacial score (nSPS) is 19.3. The summed E-state index contributed by atoms with van der Waals surface area (Å²) in [6, 6.07) is 14.1. The molecule has 0 spiro atoms. The monoisotopic (exact) mass is 514 g/mol. The largest absolute Gasteiger partial charge is 0.446 e. The number of likely N-dealkylation sites (tertiary alicyclic amines) is 1. The zero-order valence-corrected chi connectivity index (χ0v) is 22.4. The highest BCUT2D eigenvalue weighted by molar-refractivity contribution is 6.05. The van der Waals surface area contributed by atoms with E-state index in [4.69, 9.17) is 10.5 Å². The molecule has 38 heavy (non-hydrogen) atoms. The summed E-state index contributed by atoms with van der Waals surface area (Å²) in [4.78, 5) is 27.6. The number of nitrogens with zero attached hydrogens (tertiary/aromatic N) is 2. The van der Waals surface area contributed by atoms with Crippen LogP contribution in [-0.2, 0) is 4.74 Å². The molecular formula is C31H38N4O3. The van der Waals surface area contributed by atoms with Crippen molar-refractivity contribution in [3.8, 4) is 11.3 Å². The van der Waals surface area contributed by atoms with Gasteiger partial charge in [-0.3, -0.25) is 10.1 Å². The molecule has 2 aromatic carbocycles. The Bertz CT molecular complexity index is 1350. The van der Waals surface area contributed by atoms with Gasteiger partial charge in [0.05, 0.1) is 16.9 Å². The minimum atomic E-state index is -0.416. The average molecular weight is 515 g/mol. The zero-order valence-electron chi connectivity index (χ0n) is 22.4. The second-order valence-corrected chi connectivity index (χ2v) is 11.6. The number of anilines is 2. The van der Waals surface area contributed by atoms with Crippen molar-refractivity contribution in [1.29, 1.82) is 0 Å². The fourth-order valence-corrected chi connectivity index (χ4v) is 5.87. The summed E-state index contributed by atoms with van der Waals surface area (Å²) in [6.45, 7) is 5.85.